The molecule has 1 N–H and O–H groups in total. The number of imidazole rings is 1. The largest absolute Gasteiger partial charge is 0.324 e. The maximum Gasteiger partial charge on any atom is 0.207 e. The van der Waals surface area contributed by atoms with Crippen molar-refractivity contribution in [3.05, 3.63) is 40.1 Å². The monoisotopic (exact) mass is 297 g/mol. The van der Waals surface area contributed by atoms with Crippen LogP contribution in [0.5, 0.6) is 0 Å². The first kappa shape index (κ1) is 14.2. The molecule has 5 heteroatoms. The van der Waals surface area contributed by atoms with Gasteiger partial charge in [-0.25, -0.2) is 4.98 Å². The van der Waals surface area contributed by atoms with Gasteiger partial charge < -0.3 is 9.88 Å². The highest BCUT2D eigenvalue weighted by Gasteiger charge is 2.09. The number of aryl methyl sites for hydroxylation is 1. The van der Waals surface area contributed by atoms with E-state index in [0.29, 0.717) is 16.0 Å². The highest BCUT2D eigenvalue weighted by Crippen LogP contribution is 2.28. The summed E-state index contributed by atoms with van der Waals surface area (Å²) < 4.78 is 2.10. The lowest BCUT2D eigenvalue weighted by molar-refractivity contribution is 0.527. The highest BCUT2D eigenvalue weighted by atomic mass is 35.5. The van der Waals surface area contributed by atoms with Crippen molar-refractivity contribution in [3.8, 4) is 0 Å². The first-order valence-electron chi connectivity index (χ1n) is 6.21. The van der Waals surface area contributed by atoms with Crippen LogP contribution in [-0.2, 0) is 6.54 Å². The van der Waals surface area contributed by atoms with Gasteiger partial charge in [0, 0.05) is 17.8 Å². The molecule has 1 aromatic heterocycles. The van der Waals surface area contributed by atoms with Gasteiger partial charge in [-0.15, -0.1) is 0 Å². The van der Waals surface area contributed by atoms with Gasteiger partial charge in [0.1, 0.15) is 0 Å². The molecule has 0 bridgehead atoms. The van der Waals surface area contributed by atoms with Crippen LogP contribution in [0.1, 0.15) is 19.5 Å². The van der Waals surface area contributed by atoms with Gasteiger partial charge in [-0.05, 0) is 31.0 Å². The summed E-state index contributed by atoms with van der Waals surface area (Å²) in [7, 11) is 0. The Morgan fingerprint density at radius 1 is 1.32 bits per heavy atom. The summed E-state index contributed by atoms with van der Waals surface area (Å²) >= 11 is 12.1. The molecule has 19 heavy (non-hydrogen) atoms. The smallest absolute Gasteiger partial charge is 0.207 e. The maximum absolute atomic E-state index is 6.16. The molecule has 0 spiro atoms. The number of benzene rings is 1. The van der Waals surface area contributed by atoms with Crippen molar-refractivity contribution in [2.45, 2.75) is 27.3 Å². The molecule has 0 atom stereocenters. The van der Waals surface area contributed by atoms with Crippen molar-refractivity contribution < 1.29 is 0 Å². The normalized spacial score (nSPS) is 11.1. The summed E-state index contributed by atoms with van der Waals surface area (Å²) in [6.07, 6.45) is 2.03. The minimum atomic E-state index is 0.551. The van der Waals surface area contributed by atoms with Crippen molar-refractivity contribution in [3.63, 3.8) is 0 Å². The van der Waals surface area contributed by atoms with Crippen LogP contribution < -0.4 is 5.32 Å². The molecule has 0 fully saturated rings. The highest BCUT2D eigenvalue weighted by molar-refractivity contribution is 6.36. The van der Waals surface area contributed by atoms with Crippen molar-refractivity contribution in [2.24, 2.45) is 5.92 Å². The minimum absolute atomic E-state index is 0.551. The number of aromatic nitrogens is 2. The van der Waals surface area contributed by atoms with E-state index in [-0.39, 0.29) is 0 Å². The molecule has 2 aromatic rings. The Labute approximate surface area is 123 Å². The summed E-state index contributed by atoms with van der Waals surface area (Å²) in [6, 6.07) is 5.38. The molecule has 0 aliphatic rings. The number of rotatable bonds is 4. The Morgan fingerprint density at radius 2 is 2.05 bits per heavy atom. The molecule has 0 saturated carbocycles. The van der Waals surface area contributed by atoms with Crippen molar-refractivity contribution in [1.29, 1.82) is 0 Å². The summed E-state index contributed by atoms with van der Waals surface area (Å²) in [5, 5.41) is 4.47. The Kier molecular flexibility index (Phi) is 4.38. The summed E-state index contributed by atoms with van der Waals surface area (Å²) in [5.41, 5.74) is 1.79. The molecule has 0 aliphatic carbocycles. The molecule has 102 valence electrons. The molecule has 0 unspecified atom stereocenters. The van der Waals surface area contributed by atoms with Crippen LogP contribution in [0.3, 0.4) is 0 Å². The second-order valence-corrected chi connectivity index (χ2v) is 5.84. The lowest BCUT2D eigenvalue weighted by Gasteiger charge is -2.12. The first-order valence-corrected chi connectivity index (χ1v) is 6.97. The predicted molar refractivity (Wildman–Crippen MR) is 81.5 cm³/mol. The molecule has 0 saturated heterocycles. The lowest BCUT2D eigenvalue weighted by Crippen LogP contribution is -2.07. The van der Waals surface area contributed by atoms with Crippen molar-refractivity contribution >= 4 is 34.8 Å². The summed E-state index contributed by atoms with van der Waals surface area (Å²) in [5.74, 6) is 1.35. The molecule has 0 aliphatic heterocycles. The third-order valence-corrected chi connectivity index (χ3v) is 3.18. The van der Waals surface area contributed by atoms with Crippen LogP contribution in [0.4, 0.5) is 11.6 Å². The van der Waals surface area contributed by atoms with Crippen molar-refractivity contribution in [2.75, 3.05) is 5.32 Å². The van der Waals surface area contributed by atoms with Crippen LogP contribution in [-0.4, -0.2) is 9.55 Å². The Hall–Kier alpha value is -1.19. The zero-order valence-corrected chi connectivity index (χ0v) is 12.8. The van der Waals surface area contributed by atoms with E-state index in [1.807, 2.05) is 19.2 Å². The topological polar surface area (TPSA) is 29.9 Å². The maximum atomic E-state index is 6.16. The Morgan fingerprint density at radius 3 is 2.68 bits per heavy atom. The van der Waals surface area contributed by atoms with Crippen LogP contribution in [0.15, 0.2) is 24.4 Å². The van der Waals surface area contributed by atoms with Crippen LogP contribution in [0.2, 0.25) is 10.0 Å². The van der Waals surface area contributed by atoms with E-state index < -0.39 is 0 Å². The standard InChI is InChI=1S/C14H17Cl2N3/c1-9(2)7-19-8-10(3)17-14(19)18-13-5-4-11(15)6-12(13)16/h4-6,8-9H,7H2,1-3H3,(H,17,18). The SMILES string of the molecule is Cc1cn(CC(C)C)c(Nc2ccc(Cl)cc2Cl)n1. The number of hydrogen-bond acceptors (Lipinski definition) is 2. The minimum Gasteiger partial charge on any atom is -0.324 e. The van der Waals surface area contributed by atoms with E-state index in [2.05, 4.69) is 28.7 Å². The second-order valence-electron chi connectivity index (χ2n) is 5.00. The quantitative estimate of drug-likeness (QED) is 0.870. The number of nitrogens with zero attached hydrogens (tertiary/aromatic N) is 2. The molecule has 1 heterocycles. The number of hydrogen-bond donors (Lipinski definition) is 1. The van der Waals surface area contributed by atoms with E-state index in [1.165, 1.54) is 0 Å². The third-order valence-electron chi connectivity index (χ3n) is 2.64. The molecule has 3 nitrogen and oxygen atoms in total. The van der Waals surface area contributed by atoms with Crippen LogP contribution in [0, 0.1) is 12.8 Å². The van der Waals surface area contributed by atoms with Crippen LogP contribution in [0.25, 0.3) is 0 Å². The predicted octanol–water partition coefficient (Wildman–Crippen LogP) is 4.90. The lowest BCUT2D eigenvalue weighted by atomic mass is 10.2. The zero-order chi connectivity index (χ0) is 14.0. The number of anilines is 2. The van der Waals surface area contributed by atoms with E-state index in [0.717, 1.165) is 23.9 Å². The van der Waals surface area contributed by atoms with E-state index in [9.17, 15) is 0 Å². The van der Waals surface area contributed by atoms with Gasteiger partial charge >= 0.3 is 0 Å². The van der Waals surface area contributed by atoms with E-state index in [4.69, 9.17) is 23.2 Å². The van der Waals surface area contributed by atoms with Gasteiger partial charge in [-0.1, -0.05) is 37.0 Å². The fraction of sp³-hybridized carbons (Fsp3) is 0.357. The van der Waals surface area contributed by atoms with Gasteiger partial charge in [-0.3, -0.25) is 0 Å². The van der Waals surface area contributed by atoms with Crippen molar-refractivity contribution in [1.82, 2.24) is 9.55 Å². The molecular formula is C14H17Cl2N3. The zero-order valence-electron chi connectivity index (χ0n) is 11.2. The number of nitrogens with one attached hydrogen (secondary N) is 1. The number of halogens is 2. The first-order chi connectivity index (χ1) is 8.95. The molecule has 0 amide bonds. The van der Waals surface area contributed by atoms with E-state index >= 15 is 0 Å². The summed E-state index contributed by atoms with van der Waals surface area (Å²) in [6.45, 7) is 7.24. The van der Waals surface area contributed by atoms with Crippen LogP contribution >= 0.6 is 23.2 Å². The van der Waals surface area contributed by atoms with Gasteiger partial charge in [0.2, 0.25) is 5.95 Å². The van der Waals surface area contributed by atoms with Gasteiger partial charge in [0.25, 0.3) is 0 Å². The fourth-order valence-electron chi connectivity index (χ4n) is 1.89. The molecule has 0 radical (unpaired) electrons. The third kappa shape index (κ3) is 3.64. The Balaban J connectivity index is 2.27. The Bertz CT molecular complexity index is 576. The second kappa shape index (κ2) is 5.85. The van der Waals surface area contributed by atoms with Gasteiger partial charge in [0.15, 0.2) is 0 Å². The van der Waals surface area contributed by atoms with Gasteiger partial charge in [-0.2, -0.15) is 0 Å². The average molecular weight is 298 g/mol. The summed E-state index contributed by atoms with van der Waals surface area (Å²) in [4.78, 5) is 4.48. The van der Waals surface area contributed by atoms with Gasteiger partial charge in [0.05, 0.1) is 16.4 Å². The molecule has 2 rings (SSSR count). The molecule has 1 aromatic carbocycles. The molecular weight excluding hydrogens is 281 g/mol. The average Bonchev–Trinajstić information content (AvgIpc) is 2.62. The fourth-order valence-corrected chi connectivity index (χ4v) is 2.35. The van der Waals surface area contributed by atoms with E-state index in [1.54, 1.807) is 12.1 Å².